The summed E-state index contributed by atoms with van der Waals surface area (Å²) in [6.07, 6.45) is 5.30. The Kier molecular flexibility index (Phi) is 4.91. The zero-order valence-electron chi connectivity index (χ0n) is 13.4. The van der Waals surface area contributed by atoms with Crippen LogP contribution in [0.2, 0.25) is 0 Å². The fourth-order valence-electron chi connectivity index (χ4n) is 3.60. The van der Waals surface area contributed by atoms with Gasteiger partial charge in [0, 0.05) is 18.7 Å². The van der Waals surface area contributed by atoms with Gasteiger partial charge in [-0.05, 0) is 50.9 Å². The van der Waals surface area contributed by atoms with Crippen molar-refractivity contribution in [2.24, 2.45) is 11.7 Å². The van der Waals surface area contributed by atoms with E-state index in [1.807, 2.05) is 23.1 Å². The van der Waals surface area contributed by atoms with E-state index in [1.54, 1.807) is 6.20 Å². The Balaban J connectivity index is 1.57. The monoisotopic (exact) mass is 316 g/mol. The standard InChI is InChI=1S/C17H24N4O2/c18-17(23)13-6-10-20(11-7-13)12-16(22)21-9-3-5-15(21)14-4-1-2-8-19-14/h1-2,4,8,13,15H,3,5-7,9-12H2,(H2,18,23)/t15-/m1/s1. The number of aromatic nitrogens is 1. The maximum Gasteiger partial charge on any atom is 0.237 e. The largest absolute Gasteiger partial charge is 0.369 e. The molecule has 3 rings (SSSR count). The molecule has 0 bridgehead atoms. The minimum absolute atomic E-state index is 0.0330. The van der Waals surface area contributed by atoms with Crippen molar-refractivity contribution in [3.8, 4) is 0 Å². The Labute approximate surface area is 136 Å². The number of hydrogen-bond donors (Lipinski definition) is 1. The molecule has 124 valence electrons. The van der Waals surface area contributed by atoms with Crippen LogP contribution in [0.5, 0.6) is 0 Å². The van der Waals surface area contributed by atoms with Gasteiger partial charge < -0.3 is 10.6 Å². The van der Waals surface area contributed by atoms with E-state index in [1.165, 1.54) is 0 Å². The Morgan fingerprint density at radius 1 is 1.17 bits per heavy atom. The van der Waals surface area contributed by atoms with E-state index in [-0.39, 0.29) is 23.8 Å². The molecule has 0 radical (unpaired) electrons. The maximum atomic E-state index is 12.7. The third-order valence-corrected chi connectivity index (χ3v) is 4.95. The maximum absolute atomic E-state index is 12.7. The fraction of sp³-hybridized carbons (Fsp3) is 0.588. The summed E-state index contributed by atoms with van der Waals surface area (Å²) in [4.78, 5) is 32.4. The van der Waals surface area contributed by atoms with Crippen LogP contribution in [0, 0.1) is 5.92 Å². The van der Waals surface area contributed by atoms with Crippen LogP contribution in [0.3, 0.4) is 0 Å². The van der Waals surface area contributed by atoms with E-state index in [2.05, 4.69) is 9.88 Å². The summed E-state index contributed by atoms with van der Waals surface area (Å²) in [6.45, 7) is 2.76. The predicted octanol–water partition coefficient (Wildman–Crippen LogP) is 0.942. The molecule has 0 saturated carbocycles. The smallest absolute Gasteiger partial charge is 0.237 e. The van der Waals surface area contributed by atoms with Gasteiger partial charge in [-0.2, -0.15) is 0 Å². The Morgan fingerprint density at radius 2 is 1.96 bits per heavy atom. The molecular weight excluding hydrogens is 292 g/mol. The van der Waals surface area contributed by atoms with Crippen LogP contribution in [-0.2, 0) is 9.59 Å². The molecule has 3 heterocycles. The van der Waals surface area contributed by atoms with Gasteiger partial charge in [0.1, 0.15) is 0 Å². The van der Waals surface area contributed by atoms with Crippen LogP contribution in [0.4, 0.5) is 0 Å². The number of likely N-dealkylation sites (tertiary alicyclic amines) is 2. The Bertz CT molecular complexity index is 555. The number of amides is 2. The molecule has 0 aliphatic carbocycles. The summed E-state index contributed by atoms with van der Waals surface area (Å²) in [5.74, 6) is -0.0872. The van der Waals surface area contributed by atoms with Gasteiger partial charge in [-0.15, -0.1) is 0 Å². The van der Waals surface area contributed by atoms with Gasteiger partial charge in [0.15, 0.2) is 0 Å². The lowest BCUT2D eigenvalue weighted by atomic mass is 9.96. The van der Waals surface area contributed by atoms with Crippen molar-refractivity contribution in [3.63, 3.8) is 0 Å². The molecule has 6 heteroatoms. The lowest BCUT2D eigenvalue weighted by molar-refractivity contribution is -0.134. The molecule has 2 fully saturated rings. The number of nitrogens with two attached hydrogens (primary N) is 1. The first-order chi connectivity index (χ1) is 11.1. The highest BCUT2D eigenvalue weighted by atomic mass is 16.2. The van der Waals surface area contributed by atoms with Crippen LogP contribution in [0.25, 0.3) is 0 Å². The summed E-state index contributed by atoms with van der Waals surface area (Å²) in [5.41, 5.74) is 6.33. The highest BCUT2D eigenvalue weighted by Crippen LogP contribution is 2.30. The molecule has 2 amide bonds. The second kappa shape index (κ2) is 7.08. The number of carbonyl (C=O) groups excluding carboxylic acids is 2. The second-order valence-electron chi connectivity index (χ2n) is 6.45. The van der Waals surface area contributed by atoms with Crippen LogP contribution < -0.4 is 5.73 Å². The molecule has 2 aliphatic rings. The zero-order chi connectivity index (χ0) is 16.2. The summed E-state index contributed by atoms with van der Waals surface area (Å²) in [5, 5.41) is 0. The average Bonchev–Trinajstić information content (AvgIpc) is 3.06. The van der Waals surface area contributed by atoms with E-state index >= 15 is 0 Å². The van der Waals surface area contributed by atoms with Gasteiger partial charge in [0.2, 0.25) is 11.8 Å². The molecule has 2 saturated heterocycles. The number of pyridine rings is 1. The van der Waals surface area contributed by atoms with E-state index in [0.29, 0.717) is 6.54 Å². The third-order valence-electron chi connectivity index (χ3n) is 4.95. The number of hydrogen-bond acceptors (Lipinski definition) is 4. The fourth-order valence-corrected chi connectivity index (χ4v) is 3.60. The first-order valence-corrected chi connectivity index (χ1v) is 8.37. The number of carbonyl (C=O) groups is 2. The topological polar surface area (TPSA) is 79.5 Å². The summed E-state index contributed by atoms with van der Waals surface area (Å²) < 4.78 is 0. The van der Waals surface area contributed by atoms with Crippen molar-refractivity contribution >= 4 is 11.8 Å². The molecule has 2 aliphatic heterocycles. The predicted molar refractivity (Wildman–Crippen MR) is 86.3 cm³/mol. The van der Waals surface area contributed by atoms with Crippen molar-refractivity contribution in [1.29, 1.82) is 0 Å². The second-order valence-corrected chi connectivity index (χ2v) is 6.45. The van der Waals surface area contributed by atoms with Gasteiger partial charge in [-0.1, -0.05) is 6.07 Å². The molecule has 2 N–H and O–H groups in total. The van der Waals surface area contributed by atoms with Crippen LogP contribution in [0.1, 0.15) is 37.4 Å². The van der Waals surface area contributed by atoms with Gasteiger partial charge in [-0.25, -0.2) is 0 Å². The summed E-state index contributed by atoms with van der Waals surface area (Å²) in [7, 11) is 0. The SMILES string of the molecule is NC(=O)C1CCN(CC(=O)N2CCC[C@@H]2c2ccccn2)CC1. The summed E-state index contributed by atoms with van der Waals surface area (Å²) >= 11 is 0. The van der Waals surface area contributed by atoms with Gasteiger partial charge in [0.25, 0.3) is 0 Å². The molecule has 0 spiro atoms. The molecule has 1 aromatic heterocycles. The Hall–Kier alpha value is -1.95. The summed E-state index contributed by atoms with van der Waals surface area (Å²) in [6, 6.07) is 5.96. The van der Waals surface area contributed by atoms with Gasteiger partial charge in [0.05, 0.1) is 18.3 Å². The van der Waals surface area contributed by atoms with E-state index in [0.717, 1.165) is 51.0 Å². The lowest BCUT2D eigenvalue weighted by Gasteiger charge is -2.32. The quantitative estimate of drug-likeness (QED) is 0.896. The van der Waals surface area contributed by atoms with Gasteiger partial charge in [-0.3, -0.25) is 19.5 Å². The van der Waals surface area contributed by atoms with E-state index < -0.39 is 0 Å². The number of primary amides is 1. The highest BCUT2D eigenvalue weighted by Gasteiger charge is 2.32. The van der Waals surface area contributed by atoms with Crippen LogP contribution in [0.15, 0.2) is 24.4 Å². The first kappa shape index (κ1) is 15.9. The molecule has 0 aromatic carbocycles. The minimum atomic E-state index is -0.217. The molecule has 23 heavy (non-hydrogen) atoms. The molecule has 6 nitrogen and oxygen atoms in total. The first-order valence-electron chi connectivity index (χ1n) is 8.37. The molecule has 1 aromatic rings. The molecule has 0 unspecified atom stereocenters. The number of nitrogens with zero attached hydrogens (tertiary/aromatic N) is 3. The van der Waals surface area contributed by atoms with Crippen molar-refractivity contribution in [2.45, 2.75) is 31.7 Å². The van der Waals surface area contributed by atoms with E-state index in [4.69, 9.17) is 5.73 Å². The Morgan fingerprint density at radius 3 is 2.61 bits per heavy atom. The van der Waals surface area contributed by atoms with E-state index in [9.17, 15) is 9.59 Å². The highest BCUT2D eigenvalue weighted by molar-refractivity contribution is 5.79. The lowest BCUT2D eigenvalue weighted by Crippen LogP contribution is -2.44. The third kappa shape index (κ3) is 3.69. The van der Waals surface area contributed by atoms with Crippen molar-refractivity contribution in [2.75, 3.05) is 26.2 Å². The molecule has 1 atom stereocenters. The normalized spacial score (nSPS) is 23.1. The van der Waals surface area contributed by atoms with Crippen molar-refractivity contribution in [3.05, 3.63) is 30.1 Å². The van der Waals surface area contributed by atoms with Crippen molar-refractivity contribution < 1.29 is 9.59 Å². The van der Waals surface area contributed by atoms with Crippen LogP contribution in [-0.4, -0.2) is 52.8 Å². The van der Waals surface area contributed by atoms with Gasteiger partial charge >= 0.3 is 0 Å². The minimum Gasteiger partial charge on any atom is -0.369 e. The number of rotatable bonds is 4. The van der Waals surface area contributed by atoms with Crippen LogP contribution >= 0.6 is 0 Å². The van der Waals surface area contributed by atoms with Crippen molar-refractivity contribution in [1.82, 2.24) is 14.8 Å². The number of piperidine rings is 1. The average molecular weight is 316 g/mol. The molecular formula is C17H24N4O2. The zero-order valence-corrected chi connectivity index (χ0v) is 13.4.